The molecule has 2 aliphatic carbocycles. The van der Waals surface area contributed by atoms with Crippen LogP contribution in [0.5, 0.6) is 0 Å². The van der Waals surface area contributed by atoms with Crippen LogP contribution in [-0.4, -0.2) is 6.21 Å². The number of aliphatic imine (C=N–C) groups is 1. The Balaban J connectivity index is 1.80. The molecule has 2 nitrogen and oxygen atoms in total. The first kappa shape index (κ1) is 14.9. The van der Waals surface area contributed by atoms with Crippen molar-refractivity contribution in [3.63, 3.8) is 0 Å². The van der Waals surface area contributed by atoms with Crippen molar-refractivity contribution in [2.75, 3.05) is 0 Å². The third-order valence-corrected chi connectivity index (χ3v) is 5.14. The van der Waals surface area contributed by atoms with Crippen molar-refractivity contribution in [1.29, 1.82) is 0 Å². The molecule has 0 unspecified atom stereocenters. The zero-order chi connectivity index (χ0) is 16.7. The summed E-state index contributed by atoms with van der Waals surface area (Å²) >= 11 is 0. The minimum absolute atomic E-state index is 0.0242. The third-order valence-electron chi connectivity index (χ3n) is 5.14. The number of benzene rings is 2. The van der Waals surface area contributed by atoms with Crippen LogP contribution in [0, 0.1) is 0 Å². The maximum atomic E-state index is 6.43. The quantitative estimate of drug-likeness (QED) is 0.782. The molecule has 0 radical (unpaired) electrons. The lowest BCUT2D eigenvalue weighted by molar-refractivity contribution is 0.560. The summed E-state index contributed by atoms with van der Waals surface area (Å²) in [6, 6.07) is 17.5. The number of rotatable bonds is 2. The van der Waals surface area contributed by atoms with E-state index < -0.39 is 0 Å². The van der Waals surface area contributed by atoms with Crippen molar-refractivity contribution < 1.29 is 0 Å². The zero-order valence-electron chi connectivity index (χ0n) is 14.2. The van der Waals surface area contributed by atoms with E-state index in [4.69, 9.17) is 5.73 Å². The van der Waals surface area contributed by atoms with E-state index in [0.717, 1.165) is 18.5 Å². The van der Waals surface area contributed by atoms with E-state index in [1.807, 2.05) is 12.4 Å². The van der Waals surface area contributed by atoms with Gasteiger partial charge in [-0.3, -0.25) is 4.99 Å². The number of nitrogens with two attached hydrogens (primary N) is 1. The molecule has 2 aromatic rings. The number of hydrogen-bond acceptors (Lipinski definition) is 2. The summed E-state index contributed by atoms with van der Waals surface area (Å²) in [5, 5.41) is 0. The van der Waals surface area contributed by atoms with E-state index in [1.54, 1.807) is 0 Å². The van der Waals surface area contributed by atoms with Crippen molar-refractivity contribution in [3.8, 4) is 11.1 Å². The van der Waals surface area contributed by atoms with Crippen LogP contribution in [0.3, 0.4) is 0 Å². The molecule has 24 heavy (non-hydrogen) atoms. The van der Waals surface area contributed by atoms with E-state index in [-0.39, 0.29) is 5.41 Å². The molecular weight excluding hydrogens is 292 g/mol. The van der Waals surface area contributed by atoms with E-state index in [9.17, 15) is 0 Å². The molecule has 0 aliphatic heterocycles. The van der Waals surface area contributed by atoms with Gasteiger partial charge in [-0.25, -0.2) is 0 Å². The first-order valence-corrected chi connectivity index (χ1v) is 8.45. The third kappa shape index (κ3) is 2.14. The van der Waals surface area contributed by atoms with Gasteiger partial charge < -0.3 is 5.73 Å². The molecule has 2 aliphatic rings. The van der Waals surface area contributed by atoms with Gasteiger partial charge in [0.2, 0.25) is 0 Å². The predicted octanol–water partition coefficient (Wildman–Crippen LogP) is 4.95. The smallest absolute Gasteiger partial charge is 0.0317 e. The maximum absolute atomic E-state index is 6.43. The van der Waals surface area contributed by atoms with Gasteiger partial charge in [-0.15, -0.1) is 0 Å². The summed E-state index contributed by atoms with van der Waals surface area (Å²) in [6.45, 7) is 4.10. The second-order valence-corrected chi connectivity index (χ2v) is 7.06. The van der Waals surface area contributed by atoms with Gasteiger partial charge in [0.05, 0.1) is 0 Å². The fourth-order valence-corrected chi connectivity index (χ4v) is 4.14. The molecule has 0 bridgehead atoms. The monoisotopic (exact) mass is 314 g/mol. The SMILES string of the molecule is CC(C)=CN=CC1=C(N)CC2(C1)c1ccccc1-c1ccccc12. The standard InChI is InChI=1S/C22H22N2/c1-15(2)13-24-14-16-11-22(12-21(16)23)19-9-5-3-7-17(19)18-8-4-6-10-20(18)22/h3-10,13-14H,11-12,23H2,1-2H3. The second kappa shape index (κ2) is 5.48. The average molecular weight is 314 g/mol. The van der Waals surface area contributed by atoms with E-state index in [0.29, 0.717) is 0 Å². The normalized spacial score (nSPS) is 17.4. The molecule has 0 saturated heterocycles. The summed E-state index contributed by atoms with van der Waals surface area (Å²) in [7, 11) is 0. The van der Waals surface area contributed by atoms with Gasteiger partial charge in [-0.05, 0) is 48.1 Å². The molecule has 2 aromatic carbocycles. The molecular formula is C22H22N2. The summed E-state index contributed by atoms with van der Waals surface area (Å²) < 4.78 is 0. The molecule has 0 atom stereocenters. The molecule has 0 aromatic heterocycles. The number of nitrogens with zero attached hydrogens (tertiary/aromatic N) is 1. The predicted molar refractivity (Wildman–Crippen MR) is 101 cm³/mol. The Morgan fingerprint density at radius 2 is 1.54 bits per heavy atom. The Morgan fingerprint density at radius 1 is 0.958 bits per heavy atom. The molecule has 0 amide bonds. The van der Waals surface area contributed by atoms with Crippen LogP contribution in [0.1, 0.15) is 37.8 Å². The highest BCUT2D eigenvalue weighted by molar-refractivity contribution is 5.87. The van der Waals surface area contributed by atoms with Crippen LogP contribution in [0.15, 0.2) is 76.6 Å². The fraction of sp³-hybridized carbons (Fsp3) is 0.227. The molecule has 0 fully saturated rings. The van der Waals surface area contributed by atoms with Crippen LogP contribution in [-0.2, 0) is 5.41 Å². The highest BCUT2D eigenvalue weighted by Crippen LogP contribution is 2.56. The van der Waals surface area contributed by atoms with Gasteiger partial charge in [-0.2, -0.15) is 0 Å². The number of allylic oxidation sites excluding steroid dienone is 3. The van der Waals surface area contributed by atoms with Crippen molar-refractivity contribution in [1.82, 2.24) is 0 Å². The Bertz CT molecular complexity index is 850. The van der Waals surface area contributed by atoms with Crippen molar-refractivity contribution in [2.45, 2.75) is 32.1 Å². The van der Waals surface area contributed by atoms with Crippen LogP contribution in [0.4, 0.5) is 0 Å². The first-order valence-electron chi connectivity index (χ1n) is 8.45. The summed E-state index contributed by atoms with van der Waals surface area (Å²) in [5.74, 6) is 0. The zero-order valence-corrected chi connectivity index (χ0v) is 14.2. The average Bonchev–Trinajstić information content (AvgIpc) is 3.05. The first-order chi connectivity index (χ1) is 11.6. The topological polar surface area (TPSA) is 38.4 Å². The van der Waals surface area contributed by atoms with Crippen LogP contribution in [0.25, 0.3) is 11.1 Å². The summed E-state index contributed by atoms with van der Waals surface area (Å²) in [6.07, 6.45) is 5.63. The molecule has 120 valence electrons. The Labute approximate surface area is 143 Å². The minimum Gasteiger partial charge on any atom is -0.402 e. The lowest BCUT2D eigenvalue weighted by Crippen LogP contribution is -2.22. The largest absolute Gasteiger partial charge is 0.402 e. The second-order valence-electron chi connectivity index (χ2n) is 7.06. The van der Waals surface area contributed by atoms with E-state index in [2.05, 4.69) is 67.4 Å². The van der Waals surface area contributed by atoms with E-state index >= 15 is 0 Å². The molecule has 1 spiro atoms. The van der Waals surface area contributed by atoms with Gasteiger partial charge >= 0.3 is 0 Å². The Kier molecular flexibility index (Phi) is 3.42. The lowest BCUT2D eigenvalue weighted by Gasteiger charge is -2.27. The number of hydrogen-bond donors (Lipinski definition) is 1. The molecule has 0 heterocycles. The van der Waals surface area contributed by atoms with Gasteiger partial charge in [0.1, 0.15) is 0 Å². The highest BCUT2D eigenvalue weighted by Gasteiger charge is 2.46. The van der Waals surface area contributed by atoms with Crippen LogP contribution >= 0.6 is 0 Å². The van der Waals surface area contributed by atoms with Crippen LogP contribution < -0.4 is 5.73 Å². The highest BCUT2D eigenvalue weighted by atomic mass is 14.7. The van der Waals surface area contributed by atoms with Crippen molar-refractivity contribution in [2.24, 2.45) is 10.7 Å². The molecule has 0 saturated carbocycles. The molecule has 2 heteroatoms. The summed E-state index contributed by atoms with van der Waals surface area (Å²) in [5.41, 5.74) is 15.2. The maximum Gasteiger partial charge on any atom is 0.0317 e. The van der Waals surface area contributed by atoms with E-state index in [1.165, 1.54) is 33.4 Å². The van der Waals surface area contributed by atoms with Crippen molar-refractivity contribution >= 4 is 6.21 Å². The van der Waals surface area contributed by atoms with Gasteiger partial charge in [0.15, 0.2) is 0 Å². The fourth-order valence-electron chi connectivity index (χ4n) is 4.14. The lowest BCUT2D eigenvalue weighted by atomic mass is 9.75. The van der Waals surface area contributed by atoms with Gasteiger partial charge in [0.25, 0.3) is 0 Å². The van der Waals surface area contributed by atoms with Crippen molar-refractivity contribution in [3.05, 3.63) is 82.7 Å². The minimum atomic E-state index is -0.0242. The van der Waals surface area contributed by atoms with Gasteiger partial charge in [-0.1, -0.05) is 54.1 Å². The number of fused-ring (bicyclic) bond motifs is 5. The van der Waals surface area contributed by atoms with Crippen LogP contribution in [0.2, 0.25) is 0 Å². The molecule has 2 N–H and O–H groups in total. The Morgan fingerprint density at radius 3 is 2.12 bits per heavy atom. The Hall–Kier alpha value is -2.61. The summed E-state index contributed by atoms with van der Waals surface area (Å²) in [4.78, 5) is 4.44. The van der Waals surface area contributed by atoms with Gasteiger partial charge in [0, 0.05) is 29.9 Å². The molecule has 4 rings (SSSR count).